The predicted octanol–water partition coefficient (Wildman–Crippen LogP) is 5.34. The van der Waals surface area contributed by atoms with Crippen molar-refractivity contribution in [2.24, 2.45) is 0 Å². The molecule has 0 spiro atoms. The van der Waals surface area contributed by atoms with Crippen LogP contribution in [0.4, 0.5) is 4.39 Å². The quantitative estimate of drug-likeness (QED) is 0.478. The molecule has 0 unspecified atom stereocenters. The SMILES string of the molecule is CCOP(=O)(OCC)c1ccc(-c2nc3c(Cl)c(Cl)c(C)nc3cc2F)cn1. The molecular weight excluding hydrogens is 427 g/mol. The van der Waals surface area contributed by atoms with Crippen LogP contribution >= 0.6 is 30.8 Å². The van der Waals surface area contributed by atoms with Crippen LogP contribution in [0, 0.1) is 12.7 Å². The first-order valence-electron chi connectivity index (χ1n) is 8.48. The molecule has 0 N–H and O–H groups in total. The van der Waals surface area contributed by atoms with E-state index < -0.39 is 13.4 Å². The van der Waals surface area contributed by atoms with Gasteiger partial charge in [0.05, 0.1) is 34.5 Å². The Morgan fingerprint density at radius 3 is 2.36 bits per heavy atom. The molecule has 28 heavy (non-hydrogen) atoms. The van der Waals surface area contributed by atoms with E-state index in [0.29, 0.717) is 16.8 Å². The van der Waals surface area contributed by atoms with E-state index in [1.165, 1.54) is 18.3 Å². The molecule has 3 aromatic heterocycles. The molecule has 148 valence electrons. The minimum absolute atomic E-state index is 0.0258. The average molecular weight is 444 g/mol. The topological polar surface area (TPSA) is 74.2 Å². The van der Waals surface area contributed by atoms with Crippen LogP contribution in [0.5, 0.6) is 0 Å². The van der Waals surface area contributed by atoms with E-state index in [9.17, 15) is 8.96 Å². The lowest BCUT2D eigenvalue weighted by atomic mass is 10.1. The van der Waals surface area contributed by atoms with Crippen LogP contribution in [-0.4, -0.2) is 28.2 Å². The van der Waals surface area contributed by atoms with E-state index >= 15 is 0 Å². The van der Waals surface area contributed by atoms with Gasteiger partial charge in [0.1, 0.15) is 11.2 Å². The number of hydrogen-bond donors (Lipinski definition) is 0. The Morgan fingerprint density at radius 1 is 1.11 bits per heavy atom. The lowest BCUT2D eigenvalue weighted by Crippen LogP contribution is -2.14. The van der Waals surface area contributed by atoms with Crippen LogP contribution in [0.25, 0.3) is 22.3 Å². The highest BCUT2D eigenvalue weighted by molar-refractivity contribution is 7.61. The molecule has 3 heterocycles. The maximum atomic E-state index is 14.6. The third kappa shape index (κ3) is 3.91. The van der Waals surface area contributed by atoms with E-state index in [0.717, 1.165) is 0 Å². The Kier molecular flexibility index (Phi) is 6.32. The number of pyridine rings is 3. The normalized spacial score (nSPS) is 11.9. The largest absolute Gasteiger partial charge is 0.379 e. The Bertz CT molecular complexity index is 1070. The fourth-order valence-electron chi connectivity index (χ4n) is 2.62. The van der Waals surface area contributed by atoms with Gasteiger partial charge in [-0.2, -0.15) is 0 Å². The highest BCUT2D eigenvalue weighted by atomic mass is 35.5. The Labute approximate surface area is 171 Å². The highest BCUT2D eigenvalue weighted by Crippen LogP contribution is 2.46. The molecule has 3 aromatic rings. The van der Waals surface area contributed by atoms with E-state index in [2.05, 4.69) is 15.0 Å². The molecule has 0 aromatic carbocycles. The van der Waals surface area contributed by atoms with Gasteiger partial charge in [-0.1, -0.05) is 23.2 Å². The molecule has 6 nitrogen and oxygen atoms in total. The molecule has 0 saturated carbocycles. The van der Waals surface area contributed by atoms with Crippen molar-refractivity contribution in [3.8, 4) is 11.3 Å². The average Bonchev–Trinajstić information content (AvgIpc) is 2.66. The summed E-state index contributed by atoms with van der Waals surface area (Å²) in [6.07, 6.45) is 1.36. The minimum Gasteiger partial charge on any atom is -0.304 e. The summed E-state index contributed by atoms with van der Waals surface area (Å²) in [5.74, 6) is -0.592. The van der Waals surface area contributed by atoms with Gasteiger partial charge in [0, 0.05) is 17.8 Å². The summed E-state index contributed by atoms with van der Waals surface area (Å²) in [6, 6.07) is 4.25. The first kappa shape index (κ1) is 21.1. The monoisotopic (exact) mass is 443 g/mol. The first-order valence-corrected chi connectivity index (χ1v) is 10.8. The smallest absolute Gasteiger partial charge is 0.304 e. The minimum atomic E-state index is -3.53. The van der Waals surface area contributed by atoms with Gasteiger partial charge < -0.3 is 9.05 Å². The lowest BCUT2D eigenvalue weighted by Gasteiger charge is -2.16. The molecule has 0 bridgehead atoms. The predicted molar refractivity (Wildman–Crippen MR) is 108 cm³/mol. The van der Waals surface area contributed by atoms with Crippen LogP contribution in [0.15, 0.2) is 24.4 Å². The fourth-order valence-corrected chi connectivity index (χ4v) is 4.50. The van der Waals surface area contributed by atoms with E-state index in [1.807, 2.05) is 0 Å². The zero-order valence-corrected chi connectivity index (χ0v) is 17.8. The van der Waals surface area contributed by atoms with Crippen molar-refractivity contribution in [3.63, 3.8) is 0 Å². The molecule has 0 atom stereocenters. The number of fused-ring (bicyclic) bond motifs is 1. The second kappa shape index (κ2) is 8.39. The van der Waals surface area contributed by atoms with Gasteiger partial charge in [0.2, 0.25) is 0 Å². The van der Waals surface area contributed by atoms with Crippen LogP contribution in [0.1, 0.15) is 19.5 Å². The van der Waals surface area contributed by atoms with Crippen LogP contribution < -0.4 is 5.44 Å². The molecule has 0 aliphatic carbocycles. The van der Waals surface area contributed by atoms with Crippen LogP contribution in [0.2, 0.25) is 10.0 Å². The number of aryl methyl sites for hydroxylation is 1. The molecule has 0 aliphatic heterocycles. The van der Waals surface area contributed by atoms with Gasteiger partial charge in [-0.25, -0.2) is 19.3 Å². The maximum Gasteiger partial charge on any atom is 0.379 e. The first-order chi connectivity index (χ1) is 13.3. The summed E-state index contributed by atoms with van der Waals surface area (Å²) in [6.45, 7) is 5.50. The highest BCUT2D eigenvalue weighted by Gasteiger charge is 2.28. The van der Waals surface area contributed by atoms with Gasteiger partial charge in [-0.15, -0.1) is 0 Å². The fraction of sp³-hybridized carbons (Fsp3) is 0.278. The summed E-state index contributed by atoms with van der Waals surface area (Å²) < 4.78 is 37.9. The van der Waals surface area contributed by atoms with Gasteiger partial charge in [-0.3, -0.25) is 4.57 Å². The summed E-state index contributed by atoms with van der Waals surface area (Å²) in [7, 11) is -3.53. The third-order valence-electron chi connectivity index (χ3n) is 3.86. The lowest BCUT2D eigenvalue weighted by molar-refractivity contribution is 0.229. The molecule has 0 aliphatic rings. The number of nitrogens with zero attached hydrogens (tertiary/aromatic N) is 3. The summed E-state index contributed by atoms with van der Waals surface area (Å²) >= 11 is 12.4. The Balaban J connectivity index is 2.08. The molecule has 0 radical (unpaired) electrons. The summed E-state index contributed by atoms with van der Waals surface area (Å²) in [5, 5.41) is 0.467. The van der Waals surface area contributed by atoms with Crippen molar-refractivity contribution in [3.05, 3.63) is 46.0 Å². The Morgan fingerprint density at radius 2 is 1.79 bits per heavy atom. The number of aromatic nitrogens is 3. The third-order valence-corrected chi connectivity index (χ3v) is 6.81. The molecular formula is C18H17Cl2FN3O3P. The molecule has 10 heteroatoms. The number of hydrogen-bond acceptors (Lipinski definition) is 6. The summed E-state index contributed by atoms with van der Waals surface area (Å²) in [4.78, 5) is 12.6. The van der Waals surface area contributed by atoms with Crippen molar-refractivity contribution < 1.29 is 18.0 Å². The van der Waals surface area contributed by atoms with E-state index in [1.54, 1.807) is 26.8 Å². The summed E-state index contributed by atoms with van der Waals surface area (Å²) in [5.41, 5.74) is 1.61. The molecule has 3 rings (SSSR count). The van der Waals surface area contributed by atoms with Gasteiger partial charge >= 0.3 is 7.60 Å². The van der Waals surface area contributed by atoms with Gasteiger partial charge in [-0.05, 0) is 32.9 Å². The zero-order chi connectivity index (χ0) is 20.5. The van der Waals surface area contributed by atoms with Crippen molar-refractivity contribution in [2.45, 2.75) is 20.8 Å². The van der Waals surface area contributed by atoms with Crippen LogP contribution in [-0.2, 0) is 13.6 Å². The van der Waals surface area contributed by atoms with Crippen molar-refractivity contribution in [1.29, 1.82) is 0 Å². The Hall–Kier alpha value is -1.63. The van der Waals surface area contributed by atoms with Gasteiger partial charge in [0.15, 0.2) is 11.3 Å². The number of halogens is 3. The maximum absolute atomic E-state index is 14.6. The van der Waals surface area contributed by atoms with Gasteiger partial charge in [0.25, 0.3) is 0 Å². The second-order valence-electron chi connectivity index (χ2n) is 5.75. The van der Waals surface area contributed by atoms with E-state index in [4.69, 9.17) is 32.2 Å². The zero-order valence-electron chi connectivity index (χ0n) is 15.4. The standard InChI is InChI=1S/C18H17Cl2FN3O3P/c1-4-26-28(25,27-5-2)14-7-6-11(9-22-14)17-12(21)8-13-18(24-17)16(20)15(19)10(3)23-13/h6-9H,4-5H2,1-3H3. The molecule has 0 fully saturated rings. The van der Waals surface area contributed by atoms with Crippen molar-refractivity contribution in [1.82, 2.24) is 15.0 Å². The van der Waals surface area contributed by atoms with Crippen molar-refractivity contribution >= 4 is 47.3 Å². The molecule has 0 saturated heterocycles. The van der Waals surface area contributed by atoms with E-state index in [-0.39, 0.29) is 39.9 Å². The van der Waals surface area contributed by atoms with Crippen LogP contribution in [0.3, 0.4) is 0 Å². The van der Waals surface area contributed by atoms with Crippen molar-refractivity contribution in [2.75, 3.05) is 13.2 Å². The second-order valence-corrected chi connectivity index (χ2v) is 8.48. The molecule has 0 amide bonds. The number of rotatable bonds is 6.